The summed E-state index contributed by atoms with van der Waals surface area (Å²) in [5.41, 5.74) is 1.63. The molecule has 0 bridgehead atoms. The summed E-state index contributed by atoms with van der Waals surface area (Å²) in [6.45, 7) is 3.77. The van der Waals surface area contributed by atoms with E-state index in [0.29, 0.717) is 23.0 Å². The Hall–Kier alpha value is -3.84. The number of rotatable bonds is 5. The van der Waals surface area contributed by atoms with Gasteiger partial charge in [-0.05, 0) is 67.6 Å². The van der Waals surface area contributed by atoms with Gasteiger partial charge in [-0.1, -0.05) is 24.3 Å². The summed E-state index contributed by atoms with van der Waals surface area (Å²) >= 11 is 0. The van der Waals surface area contributed by atoms with Crippen molar-refractivity contribution in [1.82, 2.24) is 20.3 Å². The molecule has 33 heavy (non-hydrogen) atoms. The molecule has 0 unspecified atom stereocenters. The zero-order valence-corrected chi connectivity index (χ0v) is 18.5. The second-order valence-corrected chi connectivity index (χ2v) is 8.26. The van der Waals surface area contributed by atoms with E-state index in [9.17, 15) is 4.79 Å². The van der Waals surface area contributed by atoms with Crippen molar-refractivity contribution in [3.05, 3.63) is 84.3 Å². The smallest absolute Gasteiger partial charge is 0.261 e. The third kappa shape index (κ3) is 4.40. The SMILES string of the molecule is Cc1cccc2ccnc(N(C(=O)c3ccc(Nc4ccccn4)nc3)[C@@H]3CCCNC3)c12. The minimum Gasteiger partial charge on any atom is -0.325 e. The van der Waals surface area contributed by atoms with Crippen LogP contribution in [0.3, 0.4) is 0 Å². The minimum atomic E-state index is -0.0937. The van der Waals surface area contributed by atoms with Gasteiger partial charge in [-0.25, -0.2) is 15.0 Å². The highest BCUT2D eigenvalue weighted by molar-refractivity contribution is 6.10. The van der Waals surface area contributed by atoms with Crippen LogP contribution in [0.15, 0.2) is 73.2 Å². The molecule has 4 heterocycles. The second-order valence-electron chi connectivity index (χ2n) is 8.26. The van der Waals surface area contributed by atoms with Crippen molar-refractivity contribution in [2.45, 2.75) is 25.8 Å². The number of amides is 1. The van der Waals surface area contributed by atoms with Gasteiger partial charge in [0.25, 0.3) is 5.91 Å². The molecule has 0 spiro atoms. The number of aromatic nitrogens is 3. The molecule has 1 aliphatic heterocycles. The predicted molar refractivity (Wildman–Crippen MR) is 131 cm³/mol. The molecule has 7 heteroatoms. The Balaban J connectivity index is 1.51. The number of hydrogen-bond acceptors (Lipinski definition) is 6. The van der Waals surface area contributed by atoms with Gasteiger partial charge in [0.05, 0.1) is 11.6 Å². The van der Waals surface area contributed by atoms with Crippen LogP contribution in [-0.4, -0.2) is 40.0 Å². The number of piperidine rings is 1. The lowest BCUT2D eigenvalue weighted by Gasteiger charge is -2.34. The molecule has 0 aliphatic carbocycles. The summed E-state index contributed by atoms with van der Waals surface area (Å²) in [6, 6.07) is 17.4. The lowest BCUT2D eigenvalue weighted by molar-refractivity contribution is 0.0971. The first-order valence-corrected chi connectivity index (χ1v) is 11.2. The van der Waals surface area contributed by atoms with Crippen molar-refractivity contribution in [3.63, 3.8) is 0 Å². The summed E-state index contributed by atoms with van der Waals surface area (Å²) in [5, 5.41) is 8.69. The van der Waals surface area contributed by atoms with Crippen molar-refractivity contribution in [2.24, 2.45) is 0 Å². The summed E-state index contributed by atoms with van der Waals surface area (Å²) in [7, 11) is 0. The molecule has 2 N–H and O–H groups in total. The van der Waals surface area contributed by atoms with Gasteiger partial charge in [-0.15, -0.1) is 0 Å². The van der Waals surface area contributed by atoms with Crippen LogP contribution < -0.4 is 15.5 Å². The van der Waals surface area contributed by atoms with Crippen LogP contribution in [0.4, 0.5) is 17.5 Å². The molecule has 1 aromatic carbocycles. The molecule has 1 saturated heterocycles. The van der Waals surface area contributed by atoms with Gasteiger partial charge >= 0.3 is 0 Å². The van der Waals surface area contributed by atoms with E-state index in [1.807, 2.05) is 41.3 Å². The summed E-state index contributed by atoms with van der Waals surface area (Å²) in [6.07, 6.45) is 7.06. The van der Waals surface area contributed by atoms with Crippen molar-refractivity contribution in [1.29, 1.82) is 0 Å². The Morgan fingerprint density at radius 2 is 1.91 bits per heavy atom. The lowest BCUT2D eigenvalue weighted by Crippen LogP contribution is -2.49. The topological polar surface area (TPSA) is 83.0 Å². The second kappa shape index (κ2) is 9.34. The van der Waals surface area contributed by atoms with Gasteiger partial charge in [-0.2, -0.15) is 0 Å². The van der Waals surface area contributed by atoms with Crippen molar-refractivity contribution < 1.29 is 4.79 Å². The monoisotopic (exact) mass is 438 g/mol. The van der Waals surface area contributed by atoms with E-state index in [0.717, 1.165) is 42.3 Å². The fourth-order valence-electron chi connectivity index (χ4n) is 4.36. The number of nitrogens with zero attached hydrogens (tertiary/aromatic N) is 4. The number of fused-ring (bicyclic) bond motifs is 1. The highest BCUT2D eigenvalue weighted by atomic mass is 16.2. The summed E-state index contributed by atoms with van der Waals surface area (Å²) in [5.74, 6) is 1.95. The van der Waals surface area contributed by atoms with E-state index in [4.69, 9.17) is 4.98 Å². The van der Waals surface area contributed by atoms with Gasteiger partial charge in [0, 0.05) is 30.5 Å². The Kier molecular flexibility index (Phi) is 5.95. The van der Waals surface area contributed by atoms with E-state index < -0.39 is 0 Å². The molecule has 166 valence electrons. The van der Waals surface area contributed by atoms with Crippen LogP contribution in [0, 0.1) is 6.92 Å². The molecule has 3 aromatic heterocycles. The van der Waals surface area contributed by atoms with Crippen molar-refractivity contribution in [3.8, 4) is 0 Å². The van der Waals surface area contributed by atoms with Gasteiger partial charge in [0.1, 0.15) is 17.5 Å². The fourth-order valence-corrected chi connectivity index (χ4v) is 4.36. The number of aryl methyl sites for hydroxylation is 1. The average molecular weight is 439 g/mol. The number of benzene rings is 1. The van der Waals surface area contributed by atoms with Gasteiger partial charge in [0.2, 0.25) is 0 Å². The molecule has 1 atom stereocenters. The van der Waals surface area contributed by atoms with Crippen molar-refractivity contribution in [2.75, 3.05) is 23.3 Å². The first-order chi connectivity index (χ1) is 16.2. The Bertz CT molecular complexity index is 1250. The maximum Gasteiger partial charge on any atom is 0.261 e. The van der Waals surface area contributed by atoms with Gasteiger partial charge in [-0.3, -0.25) is 9.69 Å². The third-order valence-corrected chi connectivity index (χ3v) is 5.99. The summed E-state index contributed by atoms with van der Waals surface area (Å²) in [4.78, 5) is 29.1. The molecule has 1 aliphatic rings. The predicted octanol–water partition coefficient (Wildman–Crippen LogP) is 4.48. The number of carbonyl (C=O) groups is 1. The maximum absolute atomic E-state index is 13.9. The van der Waals surface area contributed by atoms with Crippen LogP contribution in [0.2, 0.25) is 0 Å². The molecule has 0 radical (unpaired) electrons. The van der Waals surface area contributed by atoms with Crippen LogP contribution in [0.1, 0.15) is 28.8 Å². The minimum absolute atomic E-state index is 0.0234. The van der Waals surface area contributed by atoms with E-state index >= 15 is 0 Å². The van der Waals surface area contributed by atoms with E-state index in [1.54, 1.807) is 24.7 Å². The first kappa shape index (κ1) is 21.0. The number of pyridine rings is 3. The van der Waals surface area contributed by atoms with Gasteiger partial charge in [0.15, 0.2) is 0 Å². The van der Waals surface area contributed by atoms with E-state index in [-0.39, 0.29) is 11.9 Å². The van der Waals surface area contributed by atoms with Gasteiger partial charge < -0.3 is 10.6 Å². The third-order valence-electron chi connectivity index (χ3n) is 5.99. The number of carbonyl (C=O) groups excluding carboxylic acids is 1. The Morgan fingerprint density at radius 1 is 1.00 bits per heavy atom. The molecular weight excluding hydrogens is 412 g/mol. The number of nitrogens with one attached hydrogen (secondary N) is 2. The van der Waals surface area contributed by atoms with Crippen LogP contribution in [0.25, 0.3) is 10.8 Å². The maximum atomic E-state index is 13.9. The summed E-state index contributed by atoms with van der Waals surface area (Å²) < 4.78 is 0. The zero-order chi connectivity index (χ0) is 22.6. The molecule has 1 amide bonds. The standard InChI is InChI=1S/C26H26N6O/c1-18-6-4-7-19-12-15-29-25(24(18)19)32(21-8-5-13-27-17-21)26(33)20-10-11-23(30-16-20)31-22-9-2-3-14-28-22/h2-4,6-7,9-12,14-16,21,27H,5,8,13,17H2,1H3,(H,28,30,31)/t21-/m1/s1. The Morgan fingerprint density at radius 3 is 2.67 bits per heavy atom. The molecule has 1 fully saturated rings. The molecular formula is C26H26N6O. The highest BCUT2D eigenvalue weighted by Gasteiger charge is 2.30. The quantitative estimate of drug-likeness (QED) is 0.478. The van der Waals surface area contributed by atoms with Crippen LogP contribution >= 0.6 is 0 Å². The number of anilines is 3. The molecule has 0 saturated carbocycles. The molecule has 7 nitrogen and oxygen atoms in total. The average Bonchev–Trinajstić information content (AvgIpc) is 2.86. The fraction of sp³-hybridized carbons (Fsp3) is 0.231. The van der Waals surface area contributed by atoms with E-state index in [1.165, 1.54) is 0 Å². The highest BCUT2D eigenvalue weighted by Crippen LogP contribution is 2.31. The largest absolute Gasteiger partial charge is 0.325 e. The van der Waals surface area contributed by atoms with Crippen molar-refractivity contribution >= 4 is 34.1 Å². The zero-order valence-electron chi connectivity index (χ0n) is 18.5. The molecule has 5 rings (SSSR count). The van der Waals surface area contributed by atoms with E-state index in [2.05, 4.69) is 39.7 Å². The first-order valence-electron chi connectivity index (χ1n) is 11.2. The van der Waals surface area contributed by atoms with Crippen LogP contribution in [0.5, 0.6) is 0 Å². The van der Waals surface area contributed by atoms with Crippen LogP contribution in [-0.2, 0) is 0 Å². The lowest BCUT2D eigenvalue weighted by atomic mass is 10.0. The number of hydrogen-bond donors (Lipinski definition) is 2. The Labute approximate surface area is 192 Å². The normalized spacial score (nSPS) is 15.8. The molecule has 4 aromatic rings.